The standard InChI is InChI=1S/C14H18ClNO3S/c15-13-5-3-12(4-6-13)7-10-20(18,19)16-14(11-17)8-1-2-9-14/h3-7,10,16-17H,1-2,8-9,11H2. The summed E-state index contributed by atoms with van der Waals surface area (Å²) < 4.78 is 26.7. The summed E-state index contributed by atoms with van der Waals surface area (Å²) in [4.78, 5) is 0. The molecule has 1 aromatic rings. The van der Waals surface area contributed by atoms with Crippen LogP contribution in [0.2, 0.25) is 5.02 Å². The smallest absolute Gasteiger partial charge is 0.234 e. The van der Waals surface area contributed by atoms with Crippen LogP contribution in [0.25, 0.3) is 6.08 Å². The minimum Gasteiger partial charge on any atom is -0.394 e. The van der Waals surface area contributed by atoms with E-state index in [2.05, 4.69) is 4.72 Å². The lowest BCUT2D eigenvalue weighted by molar-refractivity contribution is 0.186. The Morgan fingerprint density at radius 1 is 1.25 bits per heavy atom. The highest BCUT2D eigenvalue weighted by Crippen LogP contribution is 2.30. The molecule has 0 spiro atoms. The summed E-state index contributed by atoms with van der Waals surface area (Å²) in [5.74, 6) is 0. The monoisotopic (exact) mass is 315 g/mol. The van der Waals surface area contributed by atoms with E-state index in [1.165, 1.54) is 6.08 Å². The molecular weight excluding hydrogens is 298 g/mol. The fourth-order valence-corrected chi connectivity index (χ4v) is 3.82. The highest BCUT2D eigenvalue weighted by molar-refractivity contribution is 7.92. The van der Waals surface area contributed by atoms with Gasteiger partial charge in [-0.25, -0.2) is 13.1 Å². The average molecular weight is 316 g/mol. The maximum absolute atomic E-state index is 12.1. The lowest BCUT2D eigenvalue weighted by Crippen LogP contribution is -2.48. The minimum atomic E-state index is -3.57. The molecule has 6 heteroatoms. The largest absolute Gasteiger partial charge is 0.394 e. The van der Waals surface area contributed by atoms with Crippen LogP contribution >= 0.6 is 11.6 Å². The number of rotatable bonds is 5. The summed E-state index contributed by atoms with van der Waals surface area (Å²) in [7, 11) is -3.57. The first-order valence-corrected chi connectivity index (χ1v) is 8.46. The second kappa shape index (κ2) is 6.26. The molecule has 2 rings (SSSR count). The van der Waals surface area contributed by atoms with Gasteiger partial charge in [-0.15, -0.1) is 0 Å². The quantitative estimate of drug-likeness (QED) is 0.877. The Kier molecular flexibility index (Phi) is 4.86. The second-order valence-corrected chi connectivity index (χ2v) is 7.15. The Morgan fingerprint density at radius 3 is 2.40 bits per heavy atom. The van der Waals surface area contributed by atoms with Crippen LogP contribution in [-0.4, -0.2) is 25.7 Å². The molecule has 4 nitrogen and oxygen atoms in total. The molecule has 0 heterocycles. The van der Waals surface area contributed by atoms with Crippen LogP contribution in [0.15, 0.2) is 29.7 Å². The van der Waals surface area contributed by atoms with Gasteiger partial charge in [-0.1, -0.05) is 36.6 Å². The fraction of sp³-hybridized carbons (Fsp3) is 0.429. The van der Waals surface area contributed by atoms with Gasteiger partial charge in [0.15, 0.2) is 0 Å². The van der Waals surface area contributed by atoms with E-state index >= 15 is 0 Å². The molecule has 0 saturated heterocycles. The lowest BCUT2D eigenvalue weighted by Gasteiger charge is -2.26. The van der Waals surface area contributed by atoms with Crippen molar-refractivity contribution in [1.29, 1.82) is 0 Å². The third-order valence-electron chi connectivity index (χ3n) is 3.53. The highest BCUT2D eigenvalue weighted by Gasteiger charge is 2.36. The zero-order valence-electron chi connectivity index (χ0n) is 11.0. The van der Waals surface area contributed by atoms with E-state index in [0.717, 1.165) is 23.8 Å². The molecule has 1 aliphatic carbocycles. The van der Waals surface area contributed by atoms with E-state index in [4.69, 9.17) is 11.6 Å². The van der Waals surface area contributed by atoms with E-state index in [9.17, 15) is 13.5 Å². The van der Waals surface area contributed by atoms with Gasteiger partial charge in [0.05, 0.1) is 12.1 Å². The van der Waals surface area contributed by atoms with Crippen LogP contribution in [0.5, 0.6) is 0 Å². The molecule has 1 aromatic carbocycles. The third kappa shape index (κ3) is 4.06. The maximum atomic E-state index is 12.1. The third-order valence-corrected chi connectivity index (χ3v) is 5.00. The second-order valence-electron chi connectivity index (χ2n) is 5.15. The number of hydrogen-bond acceptors (Lipinski definition) is 3. The van der Waals surface area contributed by atoms with E-state index in [-0.39, 0.29) is 6.61 Å². The number of halogens is 1. The number of aliphatic hydroxyl groups is 1. The van der Waals surface area contributed by atoms with Crippen molar-refractivity contribution in [3.05, 3.63) is 40.3 Å². The van der Waals surface area contributed by atoms with Crippen molar-refractivity contribution in [3.8, 4) is 0 Å². The first-order valence-electron chi connectivity index (χ1n) is 6.53. The molecular formula is C14H18ClNO3S. The number of hydrogen-bond donors (Lipinski definition) is 2. The summed E-state index contributed by atoms with van der Waals surface area (Å²) in [5.41, 5.74) is 0.0626. The van der Waals surface area contributed by atoms with Crippen molar-refractivity contribution in [2.45, 2.75) is 31.2 Å². The van der Waals surface area contributed by atoms with Crippen molar-refractivity contribution < 1.29 is 13.5 Å². The van der Waals surface area contributed by atoms with Gasteiger partial charge in [0.25, 0.3) is 0 Å². The molecule has 0 unspecified atom stereocenters. The first kappa shape index (κ1) is 15.5. The van der Waals surface area contributed by atoms with E-state index in [0.29, 0.717) is 17.9 Å². The van der Waals surface area contributed by atoms with Gasteiger partial charge in [0.1, 0.15) is 0 Å². The number of sulfonamides is 1. The van der Waals surface area contributed by atoms with Crippen LogP contribution < -0.4 is 4.72 Å². The molecule has 1 saturated carbocycles. The van der Waals surface area contributed by atoms with E-state index in [1.807, 2.05) is 0 Å². The number of aliphatic hydroxyl groups excluding tert-OH is 1. The maximum Gasteiger partial charge on any atom is 0.234 e. The molecule has 0 aliphatic heterocycles. The Bertz CT molecular complexity index is 575. The summed E-state index contributed by atoms with van der Waals surface area (Å²) in [6.07, 6.45) is 4.74. The molecule has 0 atom stereocenters. The van der Waals surface area contributed by atoms with Crippen molar-refractivity contribution >= 4 is 27.7 Å². The minimum absolute atomic E-state index is 0.166. The van der Waals surface area contributed by atoms with Gasteiger partial charge in [-0.2, -0.15) is 0 Å². The van der Waals surface area contributed by atoms with Gasteiger partial charge >= 0.3 is 0 Å². The van der Waals surface area contributed by atoms with Crippen LogP contribution in [0.4, 0.5) is 0 Å². The number of benzene rings is 1. The fourth-order valence-electron chi connectivity index (χ4n) is 2.42. The molecule has 110 valence electrons. The van der Waals surface area contributed by atoms with Gasteiger partial charge in [0.2, 0.25) is 10.0 Å². The summed E-state index contributed by atoms with van der Waals surface area (Å²) >= 11 is 5.77. The van der Waals surface area contributed by atoms with Gasteiger partial charge in [-0.3, -0.25) is 0 Å². The van der Waals surface area contributed by atoms with Crippen LogP contribution in [0.3, 0.4) is 0 Å². The van der Waals surface area contributed by atoms with Gasteiger partial charge in [-0.05, 0) is 36.6 Å². The van der Waals surface area contributed by atoms with Crippen LogP contribution in [-0.2, 0) is 10.0 Å². The zero-order chi connectivity index (χ0) is 14.6. The molecule has 1 aliphatic rings. The Hall–Kier alpha value is -0.880. The topological polar surface area (TPSA) is 66.4 Å². The van der Waals surface area contributed by atoms with Crippen molar-refractivity contribution in [1.82, 2.24) is 4.72 Å². The van der Waals surface area contributed by atoms with E-state index < -0.39 is 15.6 Å². The SMILES string of the molecule is O=S(=O)(C=Cc1ccc(Cl)cc1)NC1(CO)CCCC1. The molecule has 1 fully saturated rings. The van der Waals surface area contributed by atoms with Gasteiger partial charge < -0.3 is 5.11 Å². The summed E-state index contributed by atoms with van der Waals surface area (Å²) in [6.45, 7) is -0.166. The molecule has 0 aromatic heterocycles. The Labute approximate surface area is 124 Å². The predicted molar refractivity (Wildman–Crippen MR) is 80.8 cm³/mol. The highest BCUT2D eigenvalue weighted by atomic mass is 35.5. The summed E-state index contributed by atoms with van der Waals surface area (Å²) in [5, 5.41) is 11.2. The molecule has 0 amide bonds. The molecule has 20 heavy (non-hydrogen) atoms. The number of nitrogens with one attached hydrogen (secondary N) is 1. The molecule has 2 N–H and O–H groups in total. The molecule has 0 radical (unpaired) electrons. The predicted octanol–water partition coefficient (Wildman–Crippen LogP) is 2.54. The first-order chi connectivity index (χ1) is 9.45. The average Bonchev–Trinajstić information content (AvgIpc) is 2.87. The Balaban J connectivity index is 2.09. The lowest BCUT2D eigenvalue weighted by atomic mass is 10.0. The van der Waals surface area contributed by atoms with Crippen molar-refractivity contribution in [3.63, 3.8) is 0 Å². The van der Waals surface area contributed by atoms with Crippen LogP contribution in [0.1, 0.15) is 31.2 Å². The summed E-state index contributed by atoms with van der Waals surface area (Å²) in [6, 6.07) is 6.89. The van der Waals surface area contributed by atoms with Crippen molar-refractivity contribution in [2.75, 3.05) is 6.61 Å². The van der Waals surface area contributed by atoms with Gasteiger partial charge in [0, 0.05) is 10.4 Å². The van der Waals surface area contributed by atoms with Crippen LogP contribution in [0, 0.1) is 0 Å². The molecule has 0 bridgehead atoms. The Morgan fingerprint density at radius 2 is 1.85 bits per heavy atom. The zero-order valence-corrected chi connectivity index (χ0v) is 12.6. The van der Waals surface area contributed by atoms with Crippen molar-refractivity contribution in [2.24, 2.45) is 0 Å². The van der Waals surface area contributed by atoms with E-state index in [1.54, 1.807) is 24.3 Å². The normalized spacial score (nSPS) is 18.7.